The summed E-state index contributed by atoms with van der Waals surface area (Å²) >= 11 is 0. The lowest BCUT2D eigenvalue weighted by atomic mass is 9.92. The number of rotatable bonds is 7. The Kier molecular flexibility index (Phi) is 5.15. The average Bonchev–Trinajstić information content (AvgIpc) is 2.71. The van der Waals surface area contributed by atoms with Crippen LogP contribution in [0.15, 0.2) is 24.3 Å². The summed E-state index contributed by atoms with van der Waals surface area (Å²) in [4.78, 5) is 25.6. The monoisotopic (exact) mass is 328 g/mol. The van der Waals surface area contributed by atoms with E-state index in [1.165, 1.54) is 24.3 Å². The zero-order chi connectivity index (χ0) is 17.0. The van der Waals surface area contributed by atoms with Gasteiger partial charge in [0.25, 0.3) is 5.91 Å². The van der Waals surface area contributed by atoms with Gasteiger partial charge in [0.2, 0.25) is 0 Å². The first kappa shape index (κ1) is 17.1. The normalized spacial score (nSPS) is 21.0. The molecule has 1 aliphatic heterocycles. The Balaban J connectivity index is 2.14. The van der Waals surface area contributed by atoms with E-state index in [1.54, 1.807) is 6.92 Å². The number of nitrogens with one attached hydrogen (secondary N) is 1. The Morgan fingerprint density at radius 3 is 2.48 bits per heavy atom. The lowest BCUT2D eigenvalue weighted by molar-refractivity contribution is -0.131. The number of nitrogens with zero attached hydrogens (tertiary/aromatic N) is 1. The first-order chi connectivity index (χ1) is 10.9. The van der Waals surface area contributed by atoms with Crippen molar-refractivity contribution in [1.82, 2.24) is 10.2 Å². The second-order valence-corrected chi connectivity index (χ2v) is 5.11. The van der Waals surface area contributed by atoms with Crippen LogP contribution in [0.2, 0.25) is 0 Å². The van der Waals surface area contributed by atoms with Gasteiger partial charge >= 0.3 is 12.6 Å². The third-order valence-corrected chi connectivity index (χ3v) is 3.60. The van der Waals surface area contributed by atoms with Gasteiger partial charge in [-0.2, -0.15) is 8.78 Å². The second-order valence-electron chi connectivity index (χ2n) is 5.11. The van der Waals surface area contributed by atoms with Crippen molar-refractivity contribution in [3.05, 3.63) is 29.8 Å². The van der Waals surface area contributed by atoms with Gasteiger partial charge in [0.1, 0.15) is 11.3 Å². The minimum absolute atomic E-state index is 0.0164. The molecule has 0 unspecified atom stereocenters. The SMILES string of the molecule is CCOCCN1C(=O)N[C@](C)(c2ccc(OC(F)F)cc2)C1=O. The molecule has 1 N–H and O–H groups in total. The molecule has 1 aliphatic rings. The van der Waals surface area contributed by atoms with E-state index >= 15 is 0 Å². The molecule has 0 spiro atoms. The van der Waals surface area contributed by atoms with Crippen molar-refractivity contribution in [2.45, 2.75) is 26.0 Å². The van der Waals surface area contributed by atoms with Gasteiger partial charge < -0.3 is 14.8 Å². The Morgan fingerprint density at radius 1 is 1.26 bits per heavy atom. The molecule has 1 fully saturated rings. The number of halogens is 2. The molecular weight excluding hydrogens is 310 g/mol. The molecule has 8 heteroatoms. The van der Waals surface area contributed by atoms with Crippen LogP contribution in [-0.4, -0.2) is 43.2 Å². The zero-order valence-electron chi connectivity index (χ0n) is 12.8. The molecule has 1 atom stereocenters. The van der Waals surface area contributed by atoms with Crippen LogP contribution in [-0.2, 0) is 15.1 Å². The Bertz CT molecular complexity index is 579. The maximum atomic E-state index is 12.5. The minimum atomic E-state index is -2.92. The highest BCUT2D eigenvalue weighted by atomic mass is 19.3. The van der Waals surface area contributed by atoms with Crippen LogP contribution in [0.1, 0.15) is 19.4 Å². The number of benzene rings is 1. The van der Waals surface area contributed by atoms with Crippen LogP contribution in [0, 0.1) is 0 Å². The van der Waals surface area contributed by atoms with Crippen molar-refractivity contribution in [2.24, 2.45) is 0 Å². The summed E-state index contributed by atoms with van der Waals surface area (Å²) in [6.45, 7) is 1.37. The topological polar surface area (TPSA) is 67.9 Å². The minimum Gasteiger partial charge on any atom is -0.435 e. The fraction of sp³-hybridized carbons (Fsp3) is 0.467. The predicted molar refractivity (Wildman–Crippen MR) is 77.2 cm³/mol. The molecule has 23 heavy (non-hydrogen) atoms. The van der Waals surface area contributed by atoms with Gasteiger partial charge in [0.05, 0.1) is 13.2 Å². The van der Waals surface area contributed by atoms with Crippen LogP contribution in [0.4, 0.5) is 13.6 Å². The van der Waals surface area contributed by atoms with Crippen LogP contribution < -0.4 is 10.1 Å². The van der Waals surface area contributed by atoms with Gasteiger partial charge in [-0.25, -0.2) is 4.79 Å². The van der Waals surface area contributed by atoms with E-state index in [9.17, 15) is 18.4 Å². The Labute approximate surface area is 132 Å². The maximum Gasteiger partial charge on any atom is 0.387 e. The molecule has 126 valence electrons. The molecule has 0 aromatic heterocycles. The summed E-state index contributed by atoms with van der Waals surface area (Å²) in [5, 5.41) is 2.63. The number of urea groups is 1. The molecule has 1 aromatic rings. The van der Waals surface area contributed by atoms with Crippen LogP contribution in [0.3, 0.4) is 0 Å². The largest absolute Gasteiger partial charge is 0.435 e. The molecule has 2 rings (SSSR count). The average molecular weight is 328 g/mol. The highest BCUT2D eigenvalue weighted by Crippen LogP contribution is 2.30. The molecule has 0 saturated carbocycles. The molecule has 0 aliphatic carbocycles. The molecule has 1 heterocycles. The van der Waals surface area contributed by atoms with Gasteiger partial charge in [-0.05, 0) is 31.5 Å². The quantitative estimate of drug-likeness (QED) is 0.615. The molecule has 6 nitrogen and oxygen atoms in total. The fourth-order valence-electron chi connectivity index (χ4n) is 2.37. The van der Waals surface area contributed by atoms with Crippen molar-refractivity contribution < 1.29 is 27.8 Å². The second kappa shape index (κ2) is 6.91. The summed E-state index contributed by atoms with van der Waals surface area (Å²) in [5.41, 5.74) is -0.761. The predicted octanol–water partition coefficient (Wildman–Crippen LogP) is 2.09. The van der Waals surface area contributed by atoms with E-state index in [-0.39, 0.29) is 18.9 Å². The van der Waals surface area contributed by atoms with E-state index < -0.39 is 24.1 Å². The van der Waals surface area contributed by atoms with Crippen molar-refractivity contribution in [3.63, 3.8) is 0 Å². The number of hydrogen-bond acceptors (Lipinski definition) is 4. The summed E-state index contributed by atoms with van der Waals surface area (Å²) in [5.74, 6) is -0.429. The van der Waals surface area contributed by atoms with E-state index in [0.717, 1.165) is 4.90 Å². The number of alkyl halides is 2. The summed E-state index contributed by atoms with van der Waals surface area (Å²) in [7, 11) is 0. The number of hydrogen-bond donors (Lipinski definition) is 1. The summed E-state index contributed by atoms with van der Waals surface area (Å²) in [6, 6.07) is 5.10. The van der Waals surface area contributed by atoms with Gasteiger partial charge in [-0.15, -0.1) is 0 Å². The highest BCUT2D eigenvalue weighted by molar-refractivity contribution is 6.07. The van der Waals surface area contributed by atoms with Crippen LogP contribution >= 0.6 is 0 Å². The fourth-order valence-corrected chi connectivity index (χ4v) is 2.37. The molecule has 0 bridgehead atoms. The smallest absolute Gasteiger partial charge is 0.387 e. The van der Waals surface area contributed by atoms with E-state index in [2.05, 4.69) is 10.1 Å². The number of carbonyl (C=O) groups is 2. The third-order valence-electron chi connectivity index (χ3n) is 3.60. The molecule has 1 aromatic carbocycles. The lowest BCUT2D eigenvalue weighted by Crippen LogP contribution is -2.41. The van der Waals surface area contributed by atoms with Gasteiger partial charge in [-0.1, -0.05) is 12.1 Å². The van der Waals surface area contributed by atoms with Crippen molar-refractivity contribution in [1.29, 1.82) is 0 Å². The highest BCUT2D eigenvalue weighted by Gasteiger charge is 2.48. The zero-order valence-corrected chi connectivity index (χ0v) is 12.8. The van der Waals surface area contributed by atoms with Gasteiger partial charge in [-0.3, -0.25) is 9.69 Å². The van der Waals surface area contributed by atoms with Crippen molar-refractivity contribution >= 4 is 11.9 Å². The maximum absolute atomic E-state index is 12.5. The molecule has 3 amide bonds. The Morgan fingerprint density at radius 2 is 1.91 bits per heavy atom. The number of carbonyl (C=O) groups excluding carboxylic acids is 2. The number of ether oxygens (including phenoxy) is 2. The van der Waals surface area contributed by atoms with E-state index in [4.69, 9.17) is 4.74 Å². The standard InChI is InChI=1S/C15H18F2N2O4/c1-3-22-9-8-19-12(20)15(2,18-14(19)21)10-4-6-11(7-5-10)23-13(16)17/h4-7,13H,3,8-9H2,1-2H3,(H,18,21)/t15-/m1/s1. The van der Waals surface area contributed by atoms with Crippen LogP contribution in [0.5, 0.6) is 5.75 Å². The van der Waals surface area contributed by atoms with Crippen molar-refractivity contribution in [2.75, 3.05) is 19.8 Å². The van der Waals surface area contributed by atoms with Crippen LogP contribution in [0.25, 0.3) is 0 Å². The van der Waals surface area contributed by atoms with Gasteiger partial charge in [0, 0.05) is 6.61 Å². The van der Waals surface area contributed by atoms with Gasteiger partial charge in [0.15, 0.2) is 0 Å². The molecule has 1 saturated heterocycles. The van der Waals surface area contributed by atoms with E-state index in [0.29, 0.717) is 12.2 Å². The molecule has 0 radical (unpaired) electrons. The first-order valence-electron chi connectivity index (χ1n) is 7.15. The van der Waals surface area contributed by atoms with Crippen molar-refractivity contribution in [3.8, 4) is 5.75 Å². The van der Waals surface area contributed by atoms with E-state index in [1.807, 2.05) is 6.92 Å². The number of amides is 3. The number of imide groups is 1. The summed E-state index contributed by atoms with van der Waals surface area (Å²) in [6.07, 6.45) is 0. The third kappa shape index (κ3) is 3.58. The molecular formula is C15H18F2N2O4. The first-order valence-corrected chi connectivity index (χ1v) is 7.15. The Hall–Kier alpha value is -2.22. The summed E-state index contributed by atoms with van der Waals surface area (Å²) < 4.78 is 33.7. The lowest BCUT2D eigenvalue weighted by Gasteiger charge is -2.22.